The molecule has 3 aromatic rings. The molecule has 3 aromatic carbocycles. The maximum Gasteiger partial charge on any atom is 0.266 e. The molecule has 0 atom stereocenters. The van der Waals surface area contributed by atoms with Gasteiger partial charge >= 0.3 is 0 Å². The third-order valence-electron chi connectivity index (χ3n) is 4.64. The monoisotopic (exact) mass is 431 g/mol. The molecule has 0 spiro atoms. The van der Waals surface area contributed by atoms with Gasteiger partial charge in [-0.15, -0.1) is 0 Å². The summed E-state index contributed by atoms with van der Waals surface area (Å²) in [5, 5.41) is 0.169. The van der Waals surface area contributed by atoms with Crippen LogP contribution in [0.4, 0.5) is 5.69 Å². The van der Waals surface area contributed by atoms with Crippen LogP contribution in [0.3, 0.4) is 0 Å². The van der Waals surface area contributed by atoms with E-state index in [9.17, 15) is 8.42 Å². The summed E-state index contributed by atoms with van der Waals surface area (Å²) >= 11 is 6.23. The van der Waals surface area contributed by atoms with E-state index >= 15 is 0 Å². The number of hydrogen-bond acceptors (Lipinski definition) is 4. The third kappa shape index (κ3) is 4.33. The molecule has 7 heteroatoms. The van der Waals surface area contributed by atoms with E-state index in [4.69, 9.17) is 21.1 Å². The van der Waals surface area contributed by atoms with Gasteiger partial charge in [0.2, 0.25) is 0 Å². The van der Waals surface area contributed by atoms with Gasteiger partial charge in [0.1, 0.15) is 4.90 Å². The number of halogens is 1. The van der Waals surface area contributed by atoms with Crippen LogP contribution in [0.2, 0.25) is 5.02 Å². The molecular formula is C22H22ClNO4S. The number of rotatable bonds is 7. The Morgan fingerprint density at radius 2 is 1.55 bits per heavy atom. The summed E-state index contributed by atoms with van der Waals surface area (Å²) in [4.78, 5) is 0.0463. The van der Waals surface area contributed by atoms with Crippen molar-refractivity contribution in [1.29, 1.82) is 0 Å². The van der Waals surface area contributed by atoms with Gasteiger partial charge in [0.05, 0.1) is 31.5 Å². The van der Waals surface area contributed by atoms with E-state index in [0.29, 0.717) is 17.2 Å². The Morgan fingerprint density at radius 1 is 0.897 bits per heavy atom. The van der Waals surface area contributed by atoms with Gasteiger partial charge < -0.3 is 9.47 Å². The number of aryl methyl sites for hydroxylation is 1. The zero-order valence-electron chi connectivity index (χ0n) is 16.4. The van der Waals surface area contributed by atoms with Crippen molar-refractivity contribution in [2.45, 2.75) is 18.4 Å². The number of hydrogen-bond donors (Lipinski definition) is 0. The average molecular weight is 432 g/mol. The molecule has 0 saturated carbocycles. The minimum atomic E-state index is -3.94. The van der Waals surface area contributed by atoms with Crippen LogP contribution >= 0.6 is 11.6 Å². The Morgan fingerprint density at radius 3 is 2.21 bits per heavy atom. The molecule has 0 bridgehead atoms. The summed E-state index contributed by atoms with van der Waals surface area (Å²) in [5.74, 6) is 0.955. The molecule has 0 aromatic heterocycles. The molecule has 0 fully saturated rings. The van der Waals surface area contributed by atoms with Crippen molar-refractivity contribution in [1.82, 2.24) is 0 Å². The minimum Gasteiger partial charge on any atom is -0.493 e. The molecule has 0 amide bonds. The van der Waals surface area contributed by atoms with Crippen molar-refractivity contribution >= 4 is 27.3 Å². The normalized spacial score (nSPS) is 11.2. The summed E-state index contributed by atoms with van der Waals surface area (Å²) in [7, 11) is -0.899. The van der Waals surface area contributed by atoms with Crippen LogP contribution in [0.25, 0.3) is 0 Å². The van der Waals surface area contributed by atoms with Crippen LogP contribution in [0.15, 0.2) is 71.6 Å². The van der Waals surface area contributed by atoms with E-state index < -0.39 is 10.0 Å². The highest BCUT2D eigenvalue weighted by Gasteiger charge is 2.28. The Balaban J connectivity index is 2.17. The van der Waals surface area contributed by atoms with Crippen LogP contribution < -0.4 is 13.8 Å². The molecule has 5 nitrogen and oxygen atoms in total. The lowest BCUT2D eigenvalue weighted by Gasteiger charge is -2.26. The topological polar surface area (TPSA) is 55.8 Å². The SMILES string of the molecule is COc1ccc(N(Cc2ccccc2C)S(=O)(=O)c2ccccc2Cl)cc1OC. The summed E-state index contributed by atoms with van der Waals surface area (Å²) in [5.41, 5.74) is 2.33. The first-order valence-corrected chi connectivity index (χ1v) is 10.7. The van der Waals surface area contributed by atoms with Gasteiger partial charge in [-0.25, -0.2) is 8.42 Å². The van der Waals surface area contributed by atoms with Crippen LogP contribution in [0.1, 0.15) is 11.1 Å². The molecule has 152 valence electrons. The average Bonchev–Trinajstić information content (AvgIpc) is 2.72. The standard InChI is InChI=1S/C22H22ClNO4S/c1-16-8-4-5-9-17(16)15-24(18-12-13-20(27-2)21(14-18)28-3)29(25,26)22-11-7-6-10-19(22)23/h4-14H,15H2,1-3H3. The van der Waals surface area contributed by atoms with Crippen molar-refractivity contribution in [2.75, 3.05) is 18.5 Å². The number of methoxy groups -OCH3 is 2. The quantitative estimate of drug-likeness (QED) is 0.524. The fourth-order valence-corrected chi connectivity index (χ4v) is 4.94. The molecule has 0 N–H and O–H groups in total. The number of nitrogens with zero attached hydrogens (tertiary/aromatic N) is 1. The number of benzene rings is 3. The van der Waals surface area contributed by atoms with Crippen molar-refractivity contribution in [3.63, 3.8) is 0 Å². The second-order valence-corrected chi connectivity index (χ2v) is 8.65. The Hall–Kier alpha value is -2.70. The fourth-order valence-electron chi connectivity index (χ4n) is 3.01. The lowest BCUT2D eigenvalue weighted by Crippen LogP contribution is -2.31. The smallest absolute Gasteiger partial charge is 0.266 e. The summed E-state index contributed by atoms with van der Waals surface area (Å²) < 4.78 is 39.2. The zero-order chi connectivity index (χ0) is 21.0. The van der Waals surface area contributed by atoms with Crippen molar-refractivity contribution in [3.8, 4) is 11.5 Å². The van der Waals surface area contributed by atoms with Crippen LogP contribution in [-0.4, -0.2) is 22.6 Å². The molecular weight excluding hydrogens is 410 g/mol. The molecule has 0 heterocycles. The summed E-state index contributed by atoms with van der Waals surface area (Å²) in [6.45, 7) is 2.10. The lowest BCUT2D eigenvalue weighted by molar-refractivity contribution is 0.355. The third-order valence-corrected chi connectivity index (χ3v) is 6.91. The first-order chi connectivity index (χ1) is 13.9. The highest BCUT2D eigenvalue weighted by molar-refractivity contribution is 7.93. The van der Waals surface area contributed by atoms with Gasteiger partial charge in [-0.1, -0.05) is 48.0 Å². The van der Waals surface area contributed by atoms with Crippen molar-refractivity contribution < 1.29 is 17.9 Å². The summed E-state index contributed by atoms with van der Waals surface area (Å²) in [6.07, 6.45) is 0. The predicted molar refractivity (Wildman–Crippen MR) is 116 cm³/mol. The largest absolute Gasteiger partial charge is 0.493 e. The molecule has 0 radical (unpaired) electrons. The second kappa shape index (κ2) is 8.76. The van der Waals surface area contributed by atoms with E-state index in [0.717, 1.165) is 11.1 Å². The molecule has 29 heavy (non-hydrogen) atoms. The minimum absolute atomic E-state index is 0.0463. The fraction of sp³-hybridized carbons (Fsp3) is 0.182. The van der Waals surface area contributed by atoms with Gasteiger partial charge in [-0.2, -0.15) is 0 Å². The van der Waals surface area contributed by atoms with E-state index in [1.807, 2.05) is 31.2 Å². The van der Waals surface area contributed by atoms with Gasteiger partial charge in [0, 0.05) is 6.07 Å². The van der Waals surface area contributed by atoms with E-state index in [-0.39, 0.29) is 16.5 Å². The second-order valence-electron chi connectivity index (χ2n) is 6.41. The van der Waals surface area contributed by atoms with Crippen molar-refractivity contribution in [2.24, 2.45) is 0 Å². The van der Waals surface area contributed by atoms with Gasteiger partial charge in [-0.05, 0) is 42.3 Å². The van der Waals surface area contributed by atoms with E-state index in [1.165, 1.54) is 24.6 Å². The maximum absolute atomic E-state index is 13.6. The first kappa shape index (κ1) is 21.0. The van der Waals surface area contributed by atoms with Crippen molar-refractivity contribution in [3.05, 3.63) is 82.9 Å². The molecule has 0 saturated heterocycles. The van der Waals surface area contributed by atoms with E-state index in [1.54, 1.807) is 36.4 Å². The summed E-state index contributed by atoms with van der Waals surface area (Å²) in [6, 6.07) is 19.1. The molecule has 0 aliphatic rings. The molecule has 3 rings (SSSR count). The Bertz CT molecular complexity index is 1120. The van der Waals surface area contributed by atoms with Gasteiger partial charge in [0.15, 0.2) is 11.5 Å². The number of ether oxygens (including phenoxy) is 2. The van der Waals surface area contributed by atoms with E-state index in [2.05, 4.69) is 0 Å². The Labute approximate surface area is 176 Å². The van der Waals surface area contributed by atoms with Crippen LogP contribution in [-0.2, 0) is 16.6 Å². The maximum atomic E-state index is 13.6. The highest BCUT2D eigenvalue weighted by Crippen LogP contribution is 2.36. The zero-order valence-corrected chi connectivity index (χ0v) is 18.0. The molecule has 0 aliphatic heterocycles. The Kier molecular flexibility index (Phi) is 6.35. The molecule has 0 unspecified atom stereocenters. The van der Waals surface area contributed by atoms with Crippen LogP contribution in [0.5, 0.6) is 11.5 Å². The van der Waals surface area contributed by atoms with Gasteiger partial charge in [0.25, 0.3) is 10.0 Å². The number of anilines is 1. The van der Waals surface area contributed by atoms with Crippen LogP contribution in [0, 0.1) is 6.92 Å². The highest BCUT2D eigenvalue weighted by atomic mass is 35.5. The number of sulfonamides is 1. The first-order valence-electron chi connectivity index (χ1n) is 8.92. The predicted octanol–water partition coefficient (Wildman–Crippen LogP) is 5.06. The molecule has 0 aliphatic carbocycles. The van der Waals surface area contributed by atoms with Gasteiger partial charge in [-0.3, -0.25) is 4.31 Å². The lowest BCUT2D eigenvalue weighted by atomic mass is 10.1.